The first-order valence-corrected chi connectivity index (χ1v) is 20.9. The maximum absolute atomic E-state index is 12.6. The van der Waals surface area contributed by atoms with Crippen molar-refractivity contribution in [3.8, 4) is 0 Å². The van der Waals surface area contributed by atoms with Crippen LogP contribution in [0.15, 0.2) is 11.6 Å². The van der Waals surface area contributed by atoms with Gasteiger partial charge in [0.1, 0.15) is 24.9 Å². The van der Waals surface area contributed by atoms with Crippen LogP contribution in [0.25, 0.3) is 0 Å². The molecule has 4 heterocycles. The molecule has 8 unspecified atom stereocenters. The maximum atomic E-state index is 12.6. The van der Waals surface area contributed by atoms with Crippen LogP contribution in [0.1, 0.15) is 105 Å². The number of carbonyl (C=O) groups excluding carboxylic acids is 1. The molecule has 0 aromatic carbocycles. The van der Waals surface area contributed by atoms with E-state index >= 15 is 0 Å². The Kier molecular flexibility index (Phi) is 11.1. The summed E-state index contributed by atoms with van der Waals surface area (Å²) in [7, 11) is 0. The number of hydrogen-bond donors (Lipinski definition) is 6. The zero-order valence-corrected chi connectivity index (χ0v) is 32.9. The van der Waals surface area contributed by atoms with Crippen molar-refractivity contribution < 1.29 is 68.6 Å². The molecule has 4 aliphatic heterocycles. The monoisotopic (exact) mass is 780 g/mol. The Morgan fingerprint density at radius 3 is 1.87 bits per heavy atom. The molecule has 0 amide bonds. The third kappa shape index (κ3) is 7.05. The van der Waals surface area contributed by atoms with Crippen LogP contribution in [0.4, 0.5) is 0 Å². The van der Waals surface area contributed by atoms with E-state index in [1.54, 1.807) is 13.8 Å². The molecule has 14 nitrogen and oxygen atoms in total. The Morgan fingerprint density at radius 1 is 0.691 bits per heavy atom. The van der Waals surface area contributed by atoms with Gasteiger partial charge in [-0.15, -0.1) is 0 Å². The second kappa shape index (κ2) is 15.1. The standard InChI is InChI=1S/C41H64O14/c1-19-36(47)27(42)14-33(50-19)54-38-21(3)52-34(16-29(38)44)55-37-20(2)51-32(15-28(37)43)53-24-8-10-39(4)23(13-24)6-7-26-25(39)9-11-40(5)35(22-12-31(46)49-18-22)30(45)17-41(26,40)48/h12,19-21,23-30,32-38,42-45,47-48H,6-11,13-18H2,1-5H3/t19?,20?,21?,23-,24+,25?,26-,27-,28-,29-,30+,32+,33+,34+,35?,36?,37?,38?,39+,40-,41+/m1/s1. The van der Waals surface area contributed by atoms with Gasteiger partial charge in [0.25, 0.3) is 0 Å². The number of carbonyl (C=O) groups is 1. The summed E-state index contributed by atoms with van der Waals surface area (Å²) in [6, 6.07) is 0. The van der Waals surface area contributed by atoms with Gasteiger partial charge >= 0.3 is 5.97 Å². The number of fused-ring (bicyclic) bond motifs is 5. The first kappa shape index (κ1) is 40.5. The number of aliphatic hydroxyl groups is 6. The smallest absolute Gasteiger partial charge is 0.331 e. The maximum Gasteiger partial charge on any atom is 0.331 e. The Morgan fingerprint density at radius 2 is 1.29 bits per heavy atom. The Balaban J connectivity index is 0.834. The van der Waals surface area contributed by atoms with Gasteiger partial charge in [-0.1, -0.05) is 13.8 Å². The zero-order valence-electron chi connectivity index (χ0n) is 32.9. The molecule has 0 aromatic rings. The van der Waals surface area contributed by atoms with E-state index in [1.165, 1.54) is 6.08 Å². The topological polar surface area (TPSA) is 203 Å². The van der Waals surface area contributed by atoms with Gasteiger partial charge in [-0.2, -0.15) is 0 Å². The molecule has 7 fully saturated rings. The summed E-state index contributed by atoms with van der Waals surface area (Å²) in [6.45, 7) is 9.98. The molecule has 14 heteroatoms. The van der Waals surface area contributed by atoms with Crippen molar-refractivity contribution in [3.63, 3.8) is 0 Å². The minimum atomic E-state index is -1.01. The highest BCUT2D eigenvalue weighted by atomic mass is 16.7. The highest BCUT2D eigenvalue weighted by Crippen LogP contribution is 2.70. The van der Waals surface area contributed by atoms with Crippen LogP contribution in [0.5, 0.6) is 0 Å². The van der Waals surface area contributed by atoms with Crippen LogP contribution in [-0.4, -0.2) is 135 Å². The molecule has 3 saturated heterocycles. The van der Waals surface area contributed by atoms with Gasteiger partial charge < -0.3 is 63.8 Å². The largest absolute Gasteiger partial charge is 0.458 e. The SMILES string of the molecule is CC1O[C@@H](OC2C(C)O[C@@H](OC3C(C)O[C@@H](O[C@H]4CC[C@]5(C)C6CC[C@]7(C)C(C8=CC(=O)OC8)[C@@H](O)C[C@]7(O)[C@@H]6CC[C@@H]5C4)C[C@H]3O)C[C@H]2O)C[C@@H](O)C1O. The van der Waals surface area contributed by atoms with E-state index in [4.69, 9.17) is 33.2 Å². The fraction of sp³-hybridized carbons (Fsp3) is 0.927. The second-order valence-electron chi connectivity index (χ2n) is 18.9. The van der Waals surface area contributed by atoms with Crippen molar-refractivity contribution in [2.24, 2.45) is 34.5 Å². The van der Waals surface area contributed by atoms with Gasteiger partial charge in [0.05, 0.1) is 54.4 Å². The molecule has 4 saturated carbocycles. The van der Waals surface area contributed by atoms with Crippen molar-refractivity contribution in [1.82, 2.24) is 0 Å². The van der Waals surface area contributed by atoms with Crippen LogP contribution < -0.4 is 0 Å². The Bertz CT molecular complexity index is 1410. The molecule has 0 aromatic heterocycles. The normalized spacial score (nSPS) is 55.5. The summed E-state index contributed by atoms with van der Waals surface area (Å²) in [4.78, 5) is 12.0. The number of esters is 1. The third-order valence-electron chi connectivity index (χ3n) is 15.8. The van der Waals surface area contributed by atoms with Gasteiger partial charge in [-0.05, 0) is 94.5 Å². The summed E-state index contributed by atoms with van der Waals surface area (Å²) < 4.78 is 42.1. The van der Waals surface area contributed by atoms with Gasteiger partial charge in [-0.3, -0.25) is 0 Å². The average molecular weight is 781 g/mol. The number of ether oxygens (including phenoxy) is 7. The second-order valence-corrected chi connectivity index (χ2v) is 18.9. The molecular formula is C41H64O14. The van der Waals surface area contributed by atoms with Crippen molar-refractivity contribution in [2.75, 3.05) is 6.61 Å². The third-order valence-corrected chi connectivity index (χ3v) is 15.8. The van der Waals surface area contributed by atoms with Gasteiger partial charge in [0.2, 0.25) is 0 Å². The van der Waals surface area contributed by atoms with Crippen LogP contribution in [0.2, 0.25) is 0 Å². The van der Waals surface area contributed by atoms with Crippen LogP contribution in [0.3, 0.4) is 0 Å². The average Bonchev–Trinajstić information content (AvgIpc) is 3.62. The zero-order chi connectivity index (χ0) is 39.2. The predicted molar refractivity (Wildman–Crippen MR) is 193 cm³/mol. The van der Waals surface area contributed by atoms with Crippen molar-refractivity contribution in [1.29, 1.82) is 0 Å². The number of aliphatic hydroxyl groups excluding tert-OH is 5. The van der Waals surface area contributed by atoms with E-state index in [-0.39, 0.29) is 55.2 Å². The molecule has 0 bridgehead atoms. The summed E-state index contributed by atoms with van der Waals surface area (Å²) in [5, 5.41) is 66.3. The lowest BCUT2D eigenvalue weighted by atomic mass is 9.43. The lowest BCUT2D eigenvalue weighted by molar-refractivity contribution is -0.336. The molecule has 6 N–H and O–H groups in total. The fourth-order valence-corrected chi connectivity index (χ4v) is 12.9. The van der Waals surface area contributed by atoms with Gasteiger partial charge in [0, 0.05) is 43.1 Å². The van der Waals surface area contributed by atoms with Crippen LogP contribution in [0, 0.1) is 34.5 Å². The van der Waals surface area contributed by atoms with Crippen molar-refractivity contribution in [2.45, 2.75) is 197 Å². The minimum absolute atomic E-state index is 0.0203. The molecule has 312 valence electrons. The number of rotatable bonds is 7. The first-order chi connectivity index (χ1) is 26.0. The molecule has 8 aliphatic rings. The fourth-order valence-electron chi connectivity index (χ4n) is 12.9. The van der Waals surface area contributed by atoms with E-state index < -0.39 is 90.9 Å². The summed E-state index contributed by atoms with van der Waals surface area (Å²) >= 11 is 0. The van der Waals surface area contributed by atoms with Gasteiger partial charge in [-0.25, -0.2) is 4.79 Å². The molecule has 4 aliphatic carbocycles. The van der Waals surface area contributed by atoms with Crippen molar-refractivity contribution >= 4 is 5.97 Å². The van der Waals surface area contributed by atoms with Gasteiger partial charge in [0.15, 0.2) is 18.9 Å². The van der Waals surface area contributed by atoms with E-state index in [1.807, 2.05) is 6.92 Å². The summed E-state index contributed by atoms with van der Waals surface area (Å²) in [5.41, 5.74) is -0.686. The summed E-state index contributed by atoms with van der Waals surface area (Å²) in [5.74, 6) is 0.174. The molecule has 21 atom stereocenters. The lowest BCUT2D eigenvalue weighted by Gasteiger charge is -2.63. The van der Waals surface area contributed by atoms with Crippen LogP contribution in [-0.2, 0) is 38.0 Å². The van der Waals surface area contributed by atoms with E-state index in [2.05, 4.69) is 13.8 Å². The predicted octanol–water partition coefficient (Wildman–Crippen LogP) is 2.22. The molecular weight excluding hydrogens is 716 g/mol. The number of cyclic esters (lactones) is 1. The molecule has 0 spiro atoms. The molecule has 8 rings (SSSR count). The molecule has 0 radical (unpaired) electrons. The summed E-state index contributed by atoms with van der Waals surface area (Å²) in [6.07, 6.45) is -1.26. The van der Waals surface area contributed by atoms with Crippen LogP contribution >= 0.6 is 0 Å². The van der Waals surface area contributed by atoms with E-state index in [0.717, 1.165) is 50.5 Å². The quantitative estimate of drug-likeness (QED) is 0.162. The number of hydrogen-bond acceptors (Lipinski definition) is 14. The van der Waals surface area contributed by atoms with E-state index in [9.17, 15) is 35.4 Å². The highest BCUT2D eigenvalue weighted by molar-refractivity contribution is 5.85. The first-order valence-electron chi connectivity index (χ1n) is 20.9. The highest BCUT2D eigenvalue weighted by Gasteiger charge is 2.70. The lowest BCUT2D eigenvalue weighted by Crippen LogP contribution is -2.62. The molecule has 55 heavy (non-hydrogen) atoms. The Labute approximate surface area is 323 Å². The minimum Gasteiger partial charge on any atom is -0.458 e. The van der Waals surface area contributed by atoms with E-state index in [0.29, 0.717) is 18.3 Å². The van der Waals surface area contributed by atoms with Crippen molar-refractivity contribution in [3.05, 3.63) is 11.6 Å². The Hall–Kier alpha value is -1.27.